The molecule has 0 atom stereocenters. The Bertz CT molecular complexity index is 721. The van der Waals surface area contributed by atoms with Crippen molar-refractivity contribution in [3.05, 3.63) is 41.4 Å². The molecule has 0 aliphatic heterocycles. The zero-order chi connectivity index (χ0) is 18.0. The minimum absolute atomic E-state index is 0.130. The van der Waals surface area contributed by atoms with Crippen molar-refractivity contribution in [2.75, 3.05) is 6.61 Å². The maximum absolute atomic E-state index is 13.6. The predicted octanol–water partition coefficient (Wildman–Crippen LogP) is 4.77. The molecule has 3 rings (SSSR count). The molecular formula is C19H24F2N2OS. The van der Waals surface area contributed by atoms with Crippen molar-refractivity contribution < 1.29 is 13.9 Å². The van der Waals surface area contributed by atoms with Crippen molar-refractivity contribution in [1.82, 2.24) is 9.55 Å². The van der Waals surface area contributed by atoms with Crippen LogP contribution < -0.4 is 0 Å². The van der Waals surface area contributed by atoms with Crippen LogP contribution in [0.25, 0.3) is 0 Å². The van der Waals surface area contributed by atoms with Gasteiger partial charge in [0.25, 0.3) is 0 Å². The summed E-state index contributed by atoms with van der Waals surface area (Å²) in [5.41, 5.74) is 0.961. The van der Waals surface area contributed by atoms with Crippen molar-refractivity contribution in [3.8, 4) is 0 Å². The standard InChI is InChI=1S/C19H24F2N2OS/c1-12(2)18-19(25-16-9-14(20)8-15(21)10-16)23(11-13-5-6-13)17(22-18)4-3-7-24/h8-10,12-13,24H,3-7,11H2,1-2H3. The number of aromatic nitrogens is 2. The van der Waals surface area contributed by atoms with Crippen LogP contribution in [0.2, 0.25) is 0 Å². The number of aryl methyl sites for hydroxylation is 1. The number of rotatable bonds is 8. The van der Waals surface area contributed by atoms with Gasteiger partial charge < -0.3 is 9.67 Å². The lowest BCUT2D eigenvalue weighted by Gasteiger charge is -2.13. The van der Waals surface area contributed by atoms with Gasteiger partial charge in [0.15, 0.2) is 0 Å². The summed E-state index contributed by atoms with van der Waals surface area (Å²) in [5.74, 6) is 0.702. The van der Waals surface area contributed by atoms with Crippen molar-refractivity contribution in [2.45, 2.75) is 61.9 Å². The molecule has 1 heterocycles. The summed E-state index contributed by atoms with van der Waals surface area (Å²) >= 11 is 1.38. The molecule has 1 aliphatic rings. The van der Waals surface area contributed by atoms with Gasteiger partial charge >= 0.3 is 0 Å². The largest absolute Gasteiger partial charge is 0.396 e. The highest BCUT2D eigenvalue weighted by Gasteiger charge is 2.27. The topological polar surface area (TPSA) is 38.1 Å². The maximum atomic E-state index is 13.6. The van der Waals surface area contributed by atoms with Gasteiger partial charge in [-0.1, -0.05) is 25.6 Å². The van der Waals surface area contributed by atoms with Crippen LogP contribution in [0.3, 0.4) is 0 Å². The molecule has 136 valence electrons. The van der Waals surface area contributed by atoms with Gasteiger partial charge in [-0.2, -0.15) is 0 Å². The van der Waals surface area contributed by atoms with Crippen molar-refractivity contribution in [2.24, 2.45) is 5.92 Å². The van der Waals surface area contributed by atoms with Gasteiger partial charge in [0.05, 0.1) is 5.69 Å². The maximum Gasteiger partial charge on any atom is 0.127 e. The van der Waals surface area contributed by atoms with E-state index in [9.17, 15) is 8.78 Å². The van der Waals surface area contributed by atoms with E-state index < -0.39 is 11.6 Å². The third-order valence-corrected chi connectivity index (χ3v) is 5.41. The SMILES string of the molecule is CC(C)c1nc(CCCO)n(CC2CC2)c1Sc1cc(F)cc(F)c1. The first-order valence-electron chi connectivity index (χ1n) is 8.82. The molecule has 1 aliphatic carbocycles. The van der Waals surface area contributed by atoms with Crippen LogP contribution in [0.5, 0.6) is 0 Å². The van der Waals surface area contributed by atoms with Crippen LogP contribution in [0, 0.1) is 17.6 Å². The first-order chi connectivity index (χ1) is 12.0. The fourth-order valence-electron chi connectivity index (χ4n) is 2.86. The summed E-state index contributed by atoms with van der Waals surface area (Å²) < 4.78 is 29.4. The molecule has 25 heavy (non-hydrogen) atoms. The Morgan fingerprint density at radius 3 is 2.48 bits per heavy atom. The molecule has 2 aromatic rings. The fraction of sp³-hybridized carbons (Fsp3) is 0.526. The highest BCUT2D eigenvalue weighted by molar-refractivity contribution is 7.99. The van der Waals surface area contributed by atoms with Gasteiger partial charge in [0.2, 0.25) is 0 Å². The molecule has 0 spiro atoms. The highest BCUT2D eigenvalue weighted by atomic mass is 32.2. The Hall–Kier alpha value is -1.40. The monoisotopic (exact) mass is 366 g/mol. The number of halogens is 2. The Morgan fingerprint density at radius 2 is 1.92 bits per heavy atom. The minimum Gasteiger partial charge on any atom is -0.396 e. The summed E-state index contributed by atoms with van der Waals surface area (Å²) in [6.45, 7) is 5.18. The molecule has 1 fully saturated rings. The minimum atomic E-state index is -0.567. The Kier molecular flexibility index (Phi) is 5.79. The molecular weight excluding hydrogens is 342 g/mol. The first kappa shape index (κ1) is 18.4. The van der Waals surface area contributed by atoms with Crippen LogP contribution >= 0.6 is 11.8 Å². The first-order valence-corrected chi connectivity index (χ1v) is 9.63. The number of nitrogens with zero attached hydrogens (tertiary/aromatic N) is 2. The molecule has 6 heteroatoms. The number of hydrogen-bond donors (Lipinski definition) is 1. The number of aliphatic hydroxyl groups excluding tert-OH is 1. The van der Waals surface area contributed by atoms with Gasteiger partial charge in [0.1, 0.15) is 22.5 Å². The molecule has 1 aromatic carbocycles. The molecule has 0 radical (unpaired) electrons. The fourth-order valence-corrected chi connectivity index (χ4v) is 4.10. The van der Waals surface area contributed by atoms with Crippen LogP contribution in [0.4, 0.5) is 8.78 Å². The van der Waals surface area contributed by atoms with E-state index in [1.807, 2.05) is 0 Å². The summed E-state index contributed by atoms with van der Waals surface area (Å²) in [5, 5.41) is 10.1. The normalized spacial score (nSPS) is 14.5. The van der Waals surface area contributed by atoms with Crippen molar-refractivity contribution in [3.63, 3.8) is 0 Å². The smallest absolute Gasteiger partial charge is 0.127 e. The Balaban J connectivity index is 1.99. The van der Waals surface area contributed by atoms with Crippen LogP contribution in [0.15, 0.2) is 28.1 Å². The summed E-state index contributed by atoms with van der Waals surface area (Å²) in [6.07, 6.45) is 3.81. The van der Waals surface area contributed by atoms with Gasteiger partial charge in [-0.25, -0.2) is 13.8 Å². The lowest BCUT2D eigenvalue weighted by molar-refractivity contribution is 0.286. The van der Waals surface area contributed by atoms with Crippen LogP contribution in [0.1, 0.15) is 50.5 Å². The molecule has 0 unspecified atom stereocenters. The average Bonchev–Trinajstić information content (AvgIpc) is 3.28. The van der Waals surface area contributed by atoms with Gasteiger partial charge in [-0.05, 0) is 43.2 Å². The molecule has 0 saturated heterocycles. The third kappa shape index (κ3) is 4.61. The summed E-state index contributed by atoms with van der Waals surface area (Å²) in [6, 6.07) is 3.61. The molecule has 1 saturated carbocycles. The number of imidazole rings is 1. The van der Waals surface area contributed by atoms with Crippen molar-refractivity contribution in [1.29, 1.82) is 0 Å². The number of benzene rings is 1. The lowest BCUT2D eigenvalue weighted by atomic mass is 10.1. The van der Waals surface area contributed by atoms with Crippen LogP contribution in [-0.4, -0.2) is 21.3 Å². The molecule has 0 bridgehead atoms. The number of hydrogen-bond acceptors (Lipinski definition) is 3. The molecule has 1 aromatic heterocycles. The van der Waals surface area contributed by atoms with Gasteiger partial charge in [-0.3, -0.25) is 0 Å². The second-order valence-corrected chi connectivity index (χ2v) is 8.02. The molecule has 0 amide bonds. The lowest BCUT2D eigenvalue weighted by Crippen LogP contribution is -2.08. The highest BCUT2D eigenvalue weighted by Crippen LogP contribution is 2.39. The second-order valence-electron chi connectivity index (χ2n) is 6.96. The van der Waals surface area contributed by atoms with E-state index in [4.69, 9.17) is 10.1 Å². The van der Waals surface area contributed by atoms with E-state index in [-0.39, 0.29) is 12.5 Å². The quantitative estimate of drug-likeness (QED) is 0.731. The third-order valence-electron chi connectivity index (χ3n) is 4.32. The summed E-state index contributed by atoms with van der Waals surface area (Å²) in [4.78, 5) is 5.36. The average molecular weight is 366 g/mol. The molecule has 3 nitrogen and oxygen atoms in total. The van der Waals surface area contributed by atoms with E-state index in [1.54, 1.807) is 0 Å². The van der Waals surface area contributed by atoms with Gasteiger partial charge in [0, 0.05) is 30.5 Å². The number of aliphatic hydroxyl groups is 1. The van der Waals surface area contributed by atoms with E-state index >= 15 is 0 Å². The zero-order valence-electron chi connectivity index (χ0n) is 14.6. The Labute approximate surface area is 151 Å². The second kappa shape index (κ2) is 7.87. The molecule has 1 N–H and O–H groups in total. The van der Waals surface area contributed by atoms with Gasteiger partial charge in [-0.15, -0.1) is 0 Å². The van der Waals surface area contributed by atoms with E-state index in [2.05, 4.69) is 18.4 Å². The van der Waals surface area contributed by atoms with E-state index in [1.165, 1.54) is 36.7 Å². The summed E-state index contributed by atoms with van der Waals surface area (Å²) in [7, 11) is 0. The van der Waals surface area contributed by atoms with Crippen molar-refractivity contribution >= 4 is 11.8 Å². The van der Waals surface area contributed by atoms with Crippen LogP contribution in [-0.2, 0) is 13.0 Å². The van der Waals surface area contributed by atoms with E-state index in [0.29, 0.717) is 23.7 Å². The zero-order valence-corrected chi connectivity index (χ0v) is 15.5. The van der Waals surface area contributed by atoms with E-state index in [0.717, 1.165) is 29.2 Å². The Morgan fingerprint density at radius 1 is 1.24 bits per heavy atom. The predicted molar refractivity (Wildman–Crippen MR) is 94.9 cm³/mol.